The van der Waals surface area contributed by atoms with Crippen molar-refractivity contribution in [3.8, 4) is 0 Å². The van der Waals surface area contributed by atoms with E-state index in [1.807, 2.05) is 16.7 Å². The van der Waals surface area contributed by atoms with Crippen molar-refractivity contribution in [2.45, 2.75) is 25.8 Å². The molecule has 2 heterocycles. The van der Waals surface area contributed by atoms with Crippen molar-refractivity contribution in [2.75, 3.05) is 19.0 Å². The molecule has 0 radical (unpaired) electrons. The number of nitrogens with zero attached hydrogens (tertiary/aromatic N) is 3. The van der Waals surface area contributed by atoms with Gasteiger partial charge in [0.2, 0.25) is 5.91 Å². The summed E-state index contributed by atoms with van der Waals surface area (Å²) in [7, 11) is 1.66. The third kappa shape index (κ3) is 4.43. The summed E-state index contributed by atoms with van der Waals surface area (Å²) in [5.41, 5.74) is 2.26. The fourth-order valence-electron chi connectivity index (χ4n) is 2.78. The molecule has 0 saturated heterocycles. The number of imidazole rings is 1. The fraction of sp³-hybridized carbons (Fsp3) is 0.316. The molecule has 0 aliphatic rings. The third-order valence-electron chi connectivity index (χ3n) is 4.03. The molecule has 0 unspecified atom stereocenters. The number of pyridine rings is 1. The van der Waals surface area contributed by atoms with Gasteiger partial charge in [-0.15, -0.1) is 0 Å². The first-order chi connectivity index (χ1) is 12.7. The monoisotopic (exact) mass is 356 g/mol. The average Bonchev–Trinajstić information content (AvgIpc) is 2.99. The quantitative estimate of drug-likeness (QED) is 0.673. The Hall–Kier alpha value is -2.80. The predicted octanol–water partition coefficient (Wildman–Crippen LogP) is 3.18. The number of halogens is 1. The van der Waals surface area contributed by atoms with Crippen LogP contribution in [0.15, 0.2) is 42.6 Å². The van der Waals surface area contributed by atoms with Gasteiger partial charge in [-0.25, -0.2) is 14.4 Å². The van der Waals surface area contributed by atoms with Crippen molar-refractivity contribution >= 4 is 22.8 Å². The highest BCUT2D eigenvalue weighted by Gasteiger charge is 2.12. The number of hydrogen-bond donors (Lipinski definition) is 1. The molecule has 1 amide bonds. The van der Waals surface area contributed by atoms with E-state index < -0.39 is 0 Å². The van der Waals surface area contributed by atoms with Gasteiger partial charge in [-0.3, -0.25) is 4.79 Å². The van der Waals surface area contributed by atoms with Crippen LogP contribution in [-0.4, -0.2) is 34.2 Å². The molecule has 136 valence electrons. The van der Waals surface area contributed by atoms with Crippen molar-refractivity contribution < 1.29 is 13.9 Å². The summed E-state index contributed by atoms with van der Waals surface area (Å²) in [5.74, 6) is 0.464. The highest BCUT2D eigenvalue weighted by atomic mass is 19.1. The number of benzene rings is 1. The zero-order valence-corrected chi connectivity index (χ0v) is 14.6. The summed E-state index contributed by atoms with van der Waals surface area (Å²) in [4.78, 5) is 21.1. The molecule has 26 heavy (non-hydrogen) atoms. The molecular weight excluding hydrogens is 335 g/mol. The smallest absolute Gasteiger partial charge is 0.224 e. The summed E-state index contributed by atoms with van der Waals surface area (Å²) in [5, 5.41) is 2.77. The van der Waals surface area contributed by atoms with Crippen LogP contribution >= 0.6 is 0 Å². The number of carbonyl (C=O) groups excluding carboxylic acids is 1. The van der Waals surface area contributed by atoms with Gasteiger partial charge in [0, 0.05) is 38.4 Å². The van der Waals surface area contributed by atoms with E-state index in [1.54, 1.807) is 25.4 Å². The van der Waals surface area contributed by atoms with E-state index >= 15 is 0 Å². The molecule has 6 nitrogen and oxygen atoms in total. The Labute approximate surface area is 151 Å². The van der Waals surface area contributed by atoms with Gasteiger partial charge in [-0.1, -0.05) is 0 Å². The standard InChI is InChI=1S/C19H21FN4O2/c1-26-13-12-24-17(23-16-4-3-11-21-19(16)24)5-2-6-18(25)22-15-9-7-14(20)8-10-15/h3-4,7-11H,2,5-6,12-13H2,1H3,(H,22,25). The molecule has 2 aromatic heterocycles. The number of aryl methyl sites for hydroxylation is 1. The SMILES string of the molecule is COCCn1c(CCCC(=O)Nc2ccc(F)cc2)nc2cccnc21. The number of hydrogen-bond acceptors (Lipinski definition) is 4. The first kappa shape index (κ1) is 18.0. The molecule has 0 bridgehead atoms. The van der Waals surface area contributed by atoms with Crippen LogP contribution in [0.4, 0.5) is 10.1 Å². The number of nitrogens with one attached hydrogen (secondary N) is 1. The maximum atomic E-state index is 12.9. The van der Waals surface area contributed by atoms with Crippen LogP contribution in [0.3, 0.4) is 0 Å². The van der Waals surface area contributed by atoms with Crippen LogP contribution in [0.1, 0.15) is 18.7 Å². The molecular formula is C19H21FN4O2. The van der Waals surface area contributed by atoms with Crippen LogP contribution in [0, 0.1) is 5.82 Å². The summed E-state index contributed by atoms with van der Waals surface area (Å²) in [6.07, 6.45) is 3.42. The average molecular weight is 356 g/mol. The number of anilines is 1. The van der Waals surface area contributed by atoms with Crippen molar-refractivity contribution in [2.24, 2.45) is 0 Å². The lowest BCUT2D eigenvalue weighted by molar-refractivity contribution is -0.116. The number of carbonyl (C=O) groups is 1. The van der Waals surface area contributed by atoms with Gasteiger partial charge >= 0.3 is 0 Å². The number of aromatic nitrogens is 3. The summed E-state index contributed by atoms with van der Waals surface area (Å²) < 4.78 is 20.1. The van der Waals surface area contributed by atoms with E-state index in [0.29, 0.717) is 38.1 Å². The van der Waals surface area contributed by atoms with Crippen molar-refractivity contribution in [1.29, 1.82) is 0 Å². The minimum atomic E-state index is -0.327. The van der Waals surface area contributed by atoms with E-state index in [9.17, 15) is 9.18 Å². The lowest BCUT2D eigenvalue weighted by Crippen LogP contribution is -2.13. The highest BCUT2D eigenvalue weighted by molar-refractivity contribution is 5.90. The van der Waals surface area contributed by atoms with Crippen molar-refractivity contribution in [3.63, 3.8) is 0 Å². The first-order valence-electron chi connectivity index (χ1n) is 8.52. The molecule has 0 aliphatic heterocycles. The second kappa shape index (κ2) is 8.53. The van der Waals surface area contributed by atoms with Gasteiger partial charge in [0.25, 0.3) is 0 Å². The van der Waals surface area contributed by atoms with E-state index in [0.717, 1.165) is 17.0 Å². The van der Waals surface area contributed by atoms with Gasteiger partial charge < -0.3 is 14.6 Å². The van der Waals surface area contributed by atoms with E-state index in [4.69, 9.17) is 4.74 Å². The van der Waals surface area contributed by atoms with Gasteiger partial charge in [0.1, 0.15) is 17.2 Å². The van der Waals surface area contributed by atoms with Crippen LogP contribution < -0.4 is 5.32 Å². The van der Waals surface area contributed by atoms with Crippen LogP contribution in [0.5, 0.6) is 0 Å². The molecule has 0 atom stereocenters. The largest absolute Gasteiger partial charge is 0.383 e. The number of rotatable bonds is 8. The molecule has 7 heteroatoms. The summed E-state index contributed by atoms with van der Waals surface area (Å²) in [6, 6.07) is 9.51. The third-order valence-corrected chi connectivity index (χ3v) is 4.03. The Balaban J connectivity index is 1.60. The fourth-order valence-corrected chi connectivity index (χ4v) is 2.78. The number of methoxy groups -OCH3 is 1. The Bertz CT molecular complexity index is 877. The van der Waals surface area contributed by atoms with Gasteiger partial charge in [0.15, 0.2) is 5.65 Å². The summed E-state index contributed by atoms with van der Waals surface area (Å²) in [6.45, 7) is 1.24. The lowest BCUT2D eigenvalue weighted by Gasteiger charge is -2.08. The normalized spacial score (nSPS) is 11.0. The van der Waals surface area contributed by atoms with E-state index in [1.165, 1.54) is 12.1 Å². The van der Waals surface area contributed by atoms with Crippen LogP contribution in [0.2, 0.25) is 0 Å². The maximum absolute atomic E-state index is 12.9. The van der Waals surface area contributed by atoms with E-state index in [2.05, 4.69) is 15.3 Å². The van der Waals surface area contributed by atoms with Gasteiger partial charge in [-0.2, -0.15) is 0 Å². The van der Waals surface area contributed by atoms with Crippen LogP contribution in [0.25, 0.3) is 11.2 Å². The second-order valence-electron chi connectivity index (χ2n) is 5.93. The number of amides is 1. The van der Waals surface area contributed by atoms with Crippen LogP contribution in [-0.2, 0) is 22.5 Å². The Morgan fingerprint density at radius 2 is 2.08 bits per heavy atom. The van der Waals surface area contributed by atoms with Crippen molar-refractivity contribution in [1.82, 2.24) is 14.5 Å². The number of ether oxygens (including phenoxy) is 1. The van der Waals surface area contributed by atoms with Gasteiger partial charge in [0.05, 0.1) is 6.61 Å². The maximum Gasteiger partial charge on any atom is 0.224 e. The molecule has 1 N–H and O–H groups in total. The minimum absolute atomic E-state index is 0.103. The molecule has 1 aromatic carbocycles. The van der Waals surface area contributed by atoms with Gasteiger partial charge in [-0.05, 0) is 42.8 Å². The molecule has 0 aliphatic carbocycles. The number of fused-ring (bicyclic) bond motifs is 1. The molecule has 0 spiro atoms. The Morgan fingerprint density at radius 3 is 2.85 bits per heavy atom. The second-order valence-corrected chi connectivity index (χ2v) is 5.93. The van der Waals surface area contributed by atoms with Crippen molar-refractivity contribution in [3.05, 3.63) is 54.2 Å². The zero-order chi connectivity index (χ0) is 18.4. The summed E-state index contributed by atoms with van der Waals surface area (Å²) >= 11 is 0. The highest BCUT2D eigenvalue weighted by Crippen LogP contribution is 2.16. The topological polar surface area (TPSA) is 69.0 Å². The molecule has 0 saturated carbocycles. The Kier molecular flexibility index (Phi) is 5.91. The lowest BCUT2D eigenvalue weighted by atomic mass is 10.2. The predicted molar refractivity (Wildman–Crippen MR) is 97.4 cm³/mol. The molecule has 3 aromatic rings. The first-order valence-corrected chi connectivity index (χ1v) is 8.52. The Morgan fingerprint density at radius 1 is 1.27 bits per heavy atom. The molecule has 3 rings (SSSR count). The van der Waals surface area contributed by atoms with E-state index in [-0.39, 0.29) is 11.7 Å². The molecule has 0 fully saturated rings. The minimum Gasteiger partial charge on any atom is -0.383 e. The zero-order valence-electron chi connectivity index (χ0n) is 14.6.